The maximum atomic E-state index is 12.2. The number of hydrogen-bond donors (Lipinski definition) is 2. The molecule has 0 radical (unpaired) electrons. The van der Waals surface area contributed by atoms with Gasteiger partial charge in [-0.15, -0.1) is 11.3 Å². The molecule has 2 heterocycles. The van der Waals surface area contributed by atoms with Crippen molar-refractivity contribution in [2.75, 3.05) is 0 Å². The summed E-state index contributed by atoms with van der Waals surface area (Å²) in [5.74, 6) is 0. The van der Waals surface area contributed by atoms with Crippen LogP contribution in [-0.4, -0.2) is 26.8 Å². The number of amides is 2. The predicted octanol–water partition coefficient (Wildman–Crippen LogP) is 3.10. The monoisotopic (exact) mass is 335 g/mol. The lowest BCUT2D eigenvalue weighted by Crippen LogP contribution is -2.44. The van der Waals surface area contributed by atoms with Gasteiger partial charge < -0.3 is 10.6 Å². The molecule has 2 amide bonds. The van der Waals surface area contributed by atoms with E-state index in [1.807, 2.05) is 50.7 Å². The van der Waals surface area contributed by atoms with Crippen LogP contribution < -0.4 is 10.6 Å². The van der Waals surface area contributed by atoms with Crippen LogP contribution in [0.1, 0.15) is 48.4 Å². The summed E-state index contributed by atoms with van der Waals surface area (Å²) in [5, 5.41) is 13.3. The topological polar surface area (TPSA) is 71.8 Å². The van der Waals surface area contributed by atoms with Crippen molar-refractivity contribution in [3.8, 4) is 0 Å². The highest BCUT2D eigenvalue weighted by Crippen LogP contribution is 2.20. The van der Waals surface area contributed by atoms with E-state index in [-0.39, 0.29) is 18.1 Å². The Morgan fingerprint density at radius 1 is 1.30 bits per heavy atom. The number of urea groups is 1. The fourth-order valence-electron chi connectivity index (χ4n) is 2.46. The average molecular weight is 335 g/mol. The van der Waals surface area contributed by atoms with Gasteiger partial charge in [0, 0.05) is 22.8 Å². The normalized spacial score (nSPS) is 13.6. The molecule has 0 saturated heterocycles. The fraction of sp³-hybridized carbons (Fsp3) is 0.562. The molecular weight excluding hydrogens is 310 g/mol. The zero-order chi connectivity index (χ0) is 17.0. The molecule has 2 atom stereocenters. The summed E-state index contributed by atoms with van der Waals surface area (Å²) in [6.07, 6.45) is 0.812. The molecule has 7 heteroatoms. The summed E-state index contributed by atoms with van der Waals surface area (Å²) in [7, 11) is 0. The predicted molar refractivity (Wildman–Crippen MR) is 92.7 cm³/mol. The molecule has 0 aliphatic carbocycles. The van der Waals surface area contributed by atoms with Crippen LogP contribution in [0.4, 0.5) is 4.79 Å². The highest BCUT2D eigenvalue weighted by Gasteiger charge is 2.17. The minimum atomic E-state index is -0.168. The summed E-state index contributed by atoms with van der Waals surface area (Å²) in [6, 6.07) is 1.81. The van der Waals surface area contributed by atoms with Crippen molar-refractivity contribution >= 4 is 17.4 Å². The lowest BCUT2D eigenvalue weighted by molar-refractivity contribution is 0.231. The summed E-state index contributed by atoms with van der Waals surface area (Å²) in [4.78, 5) is 16.7. The second-order valence-corrected chi connectivity index (χ2v) is 6.81. The molecule has 2 aromatic heterocycles. The number of aryl methyl sites for hydroxylation is 3. The molecule has 23 heavy (non-hydrogen) atoms. The molecule has 0 spiro atoms. The highest BCUT2D eigenvalue weighted by atomic mass is 32.1. The summed E-state index contributed by atoms with van der Waals surface area (Å²) in [6.45, 7) is 10.6. The van der Waals surface area contributed by atoms with E-state index in [0.717, 1.165) is 28.5 Å². The minimum Gasteiger partial charge on any atom is -0.334 e. The van der Waals surface area contributed by atoms with Crippen LogP contribution in [0, 0.1) is 20.8 Å². The van der Waals surface area contributed by atoms with E-state index in [0.29, 0.717) is 6.54 Å². The summed E-state index contributed by atoms with van der Waals surface area (Å²) >= 11 is 1.58. The standard InChI is InChI=1S/C16H25N5OS/c1-6-14(15-17-12(4)9-23-15)19-16(22)18-11(3)8-21-13(5)7-10(2)20-21/h7,9,11,14H,6,8H2,1-5H3,(H2,18,19,22). The Morgan fingerprint density at radius 3 is 2.57 bits per heavy atom. The van der Waals surface area contributed by atoms with Crippen molar-refractivity contribution in [1.29, 1.82) is 0 Å². The maximum absolute atomic E-state index is 12.2. The van der Waals surface area contributed by atoms with E-state index >= 15 is 0 Å². The lowest BCUT2D eigenvalue weighted by Gasteiger charge is -2.19. The van der Waals surface area contributed by atoms with Gasteiger partial charge in [0.1, 0.15) is 5.01 Å². The molecular formula is C16H25N5OS. The van der Waals surface area contributed by atoms with Crippen LogP contribution in [0.15, 0.2) is 11.4 Å². The van der Waals surface area contributed by atoms with Gasteiger partial charge in [0.25, 0.3) is 0 Å². The third kappa shape index (κ3) is 4.79. The number of rotatable bonds is 6. The number of carbonyl (C=O) groups excluding carboxylic acids is 1. The zero-order valence-electron chi connectivity index (χ0n) is 14.4. The van der Waals surface area contributed by atoms with E-state index < -0.39 is 0 Å². The SMILES string of the molecule is CCC(NC(=O)NC(C)Cn1nc(C)cc1C)c1nc(C)cs1. The second-order valence-electron chi connectivity index (χ2n) is 5.92. The maximum Gasteiger partial charge on any atom is 0.315 e. The molecule has 0 aromatic carbocycles. The van der Waals surface area contributed by atoms with Crippen molar-refractivity contribution in [3.63, 3.8) is 0 Å². The van der Waals surface area contributed by atoms with Crippen molar-refractivity contribution in [1.82, 2.24) is 25.4 Å². The van der Waals surface area contributed by atoms with Gasteiger partial charge in [0.2, 0.25) is 0 Å². The molecule has 2 unspecified atom stereocenters. The zero-order valence-corrected chi connectivity index (χ0v) is 15.2. The molecule has 0 fully saturated rings. The molecule has 0 aliphatic heterocycles. The Kier molecular flexibility index (Phi) is 5.76. The van der Waals surface area contributed by atoms with Gasteiger partial charge in [-0.05, 0) is 40.2 Å². The fourth-order valence-corrected chi connectivity index (χ4v) is 3.39. The van der Waals surface area contributed by atoms with E-state index in [2.05, 4.69) is 20.7 Å². The second kappa shape index (κ2) is 7.59. The molecule has 0 bridgehead atoms. The first kappa shape index (κ1) is 17.5. The number of hydrogen-bond acceptors (Lipinski definition) is 4. The molecule has 2 rings (SSSR count). The highest BCUT2D eigenvalue weighted by molar-refractivity contribution is 7.09. The Morgan fingerprint density at radius 2 is 2.04 bits per heavy atom. The van der Waals surface area contributed by atoms with Crippen molar-refractivity contribution in [2.24, 2.45) is 0 Å². The molecule has 6 nitrogen and oxygen atoms in total. The van der Waals surface area contributed by atoms with Crippen molar-refractivity contribution < 1.29 is 4.79 Å². The summed E-state index contributed by atoms with van der Waals surface area (Å²) < 4.78 is 1.92. The van der Waals surface area contributed by atoms with Crippen molar-refractivity contribution in [3.05, 3.63) is 33.5 Å². The smallest absolute Gasteiger partial charge is 0.315 e. The largest absolute Gasteiger partial charge is 0.334 e. The van der Waals surface area contributed by atoms with Gasteiger partial charge in [-0.1, -0.05) is 6.92 Å². The molecule has 0 saturated carbocycles. The Bertz CT molecular complexity index is 663. The molecule has 2 aromatic rings. The van der Waals surface area contributed by atoms with Crippen molar-refractivity contribution in [2.45, 2.75) is 59.7 Å². The van der Waals surface area contributed by atoms with Crippen LogP contribution in [-0.2, 0) is 6.54 Å². The van der Waals surface area contributed by atoms with Gasteiger partial charge in [0.05, 0.1) is 18.3 Å². The van der Waals surface area contributed by atoms with Gasteiger partial charge in [-0.3, -0.25) is 4.68 Å². The molecule has 126 valence electrons. The number of aromatic nitrogens is 3. The van der Waals surface area contributed by atoms with Crippen LogP contribution in [0.5, 0.6) is 0 Å². The summed E-state index contributed by atoms with van der Waals surface area (Å²) in [5.41, 5.74) is 3.08. The average Bonchev–Trinajstić information content (AvgIpc) is 3.02. The van der Waals surface area contributed by atoms with E-state index in [4.69, 9.17) is 0 Å². The Hall–Kier alpha value is -1.89. The first-order valence-corrected chi connectivity index (χ1v) is 8.77. The van der Waals surface area contributed by atoms with Crippen LogP contribution >= 0.6 is 11.3 Å². The minimum absolute atomic E-state index is 0.0106. The van der Waals surface area contributed by atoms with E-state index in [1.54, 1.807) is 11.3 Å². The molecule has 2 N–H and O–H groups in total. The number of nitrogens with one attached hydrogen (secondary N) is 2. The van der Waals surface area contributed by atoms with E-state index in [9.17, 15) is 4.79 Å². The van der Waals surface area contributed by atoms with Gasteiger partial charge in [-0.25, -0.2) is 9.78 Å². The number of nitrogens with zero attached hydrogens (tertiary/aromatic N) is 3. The first-order chi connectivity index (χ1) is 10.9. The number of carbonyl (C=O) groups is 1. The molecule has 0 aliphatic rings. The Balaban J connectivity index is 1.89. The van der Waals surface area contributed by atoms with Gasteiger partial charge in [0.15, 0.2) is 0 Å². The third-order valence-corrected chi connectivity index (χ3v) is 4.65. The lowest BCUT2D eigenvalue weighted by atomic mass is 10.2. The van der Waals surface area contributed by atoms with Crippen LogP contribution in [0.2, 0.25) is 0 Å². The van der Waals surface area contributed by atoms with Gasteiger partial charge >= 0.3 is 6.03 Å². The number of thiazole rings is 1. The Labute approximate surface area is 141 Å². The van der Waals surface area contributed by atoms with Crippen LogP contribution in [0.25, 0.3) is 0 Å². The third-order valence-electron chi connectivity index (χ3n) is 3.58. The van der Waals surface area contributed by atoms with Gasteiger partial charge in [-0.2, -0.15) is 5.10 Å². The van der Waals surface area contributed by atoms with E-state index in [1.165, 1.54) is 0 Å². The first-order valence-electron chi connectivity index (χ1n) is 7.89. The quantitative estimate of drug-likeness (QED) is 0.852. The van der Waals surface area contributed by atoms with Crippen LogP contribution in [0.3, 0.4) is 0 Å².